The van der Waals surface area contributed by atoms with E-state index in [4.69, 9.17) is 11.5 Å². The van der Waals surface area contributed by atoms with Crippen LogP contribution in [0.15, 0.2) is 33.9 Å². The van der Waals surface area contributed by atoms with E-state index < -0.39 is 10.0 Å². The third-order valence-electron chi connectivity index (χ3n) is 4.02. The molecule has 3 rings (SSSR count). The van der Waals surface area contributed by atoms with Crippen LogP contribution in [0, 0.1) is 6.92 Å². The number of aromatic nitrogens is 1. The van der Waals surface area contributed by atoms with Crippen LogP contribution >= 0.6 is 11.3 Å². The molecule has 0 aromatic carbocycles. The van der Waals surface area contributed by atoms with Crippen LogP contribution in [-0.4, -0.2) is 30.3 Å². The number of nitrogens with two attached hydrogens (primary N) is 2. The van der Waals surface area contributed by atoms with E-state index in [1.54, 1.807) is 17.5 Å². The quantitative estimate of drug-likeness (QED) is 0.485. The maximum atomic E-state index is 12.1. The number of thiophene rings is 1. The van der Waals surface area contributed by atoms with Crippen molar-refractivity contribution in [1.29, 1.82) is 0 Å². The molecule has 0 bridgehead atoms. The van der Waals surface area contributed by atoms with Crippen molar-refractivity contribution in [2.75, 3.05) is 6.26 Å². The van der Waals surface area contributed by atoms with Crippen LogP contribution in [0.4, 0.5) is 0 Å². The van der Waals surface area contributed by atoms with Gasteiger partial charge in [-0.2, -0.15) is 5.10 Å². The minimum absolute atomic E-state index is 0.123. The highest BCUT2D eigenvalue weighted by molar-refractivity contribution is 7.89. The molecular weight excluding hydrogens is 346 g/mol. The summed E-state index contributed by atoms with van der Waals surface area (Å²) in [7, 11) is -3.39. The Morgan fingerprint density at radius 3 is 2.71 bits per heavy atom. The second kappa shape index (κ2) is 6.06. The first-order valence-electron chi connectivity index (χ1n) is 7.38. The minimum Gasteiger partial charge on any atom is -0.369 e. The maximum Gasteiger partial charge on any atom is 0.235 e. The van der Waals surface area contributed by atoms with E-state index in [1.807, 2.05) is 18.4 Å². The van der Waals surface area contributed by atoms with Gasteiger partial charge in [-0.05, 0) is 30.4 Å². The largest absolute Gasteiger partial charge is 0.369 e. The summed E-state index contributed by atoms with van der Waals surface area (Å²) >= 11 is 1.65. The summed E-state index contributed by atoms with van der Waals surface area (Å²) in [6.07, 6.45) is 4.15. The second-order valence-electron chi connectivity index (χ2n) is 5.88. The first-order valence-corrected chi connectivity index (χ1v) is 10.1. The normalized spacial score (nSPS) is 19.2. The Morgan fingerprint density at radius 2 is 2.12 bits per heavy atom. The van der Waals surface area contributed by atoms with E-state index >= 15 is 0 Å². The maximum absolute atomic E-state index is 12.1. The van der Waals surface area contributed by atoms with Gasteiger partial charge in [0.25, 0.3) is 0 Å². The van der Waals surface area contributed by atoms with Crippen LogP contribution in [0.25, 0.3) is 0 Å². The predicted molar refractivity (Wildman–Crippen MR) is 97.1 cm³/mol. The Kier molecular flexibility index (Phi) is 4.22. The van der Waals surface area contributed by atoms with Gasteiger partial charge in [-0.1, -0.05) is 6.07 Å². The van der Waals surface area contributed by atoms with Gasteiger partial charge in [-0.15, -0.1) is 16.4 Å². The molecule has 7 nitrogen and oxygen atoms in total. The Hall–Kier alpha value is -2.13. The van der Waals surface area contributed by atoms with E-state index in [0.717, 1.165) is 16.8 Å². The molecule has 0 saturated carbocycles. The Balaban J connectivity index is 2.18. The second-order valence-corrected chi connectivity index (χ2v) is 8.72. The van der Waals surface area contributed by atoms with Crippen LogP contribution in [0.3, 0.4) is 0 Å². The lowest BCUT2D eigenvalue weighted by atomic mass is 9.84. The van der Waals surface area contributed by atoms with Crippen LogP contribution in [0.2, 0.25) is 0 Å². The summed E-state index contributed by atoms with van der Waals surface area (Å²) in [5.74, 6) is 0.0303. The van der Waals surface area contributed by atoms with Gasteiger partial charge in [0.05, 0.1) is 12.0 Å². The van der Waals surface area contributed by atoms with E-state index in [-0.39, 0.29) is 11.9 Å². The highest BCUT2D eigenvalue weighted by atomic mass is 32.2. The third-order valence-corrected chi connectivity index (χ3v) is 6.09. The molecule has 1 aliphatic rings. The number of rotatable bonds is 3. The number of aryl methyl sites for hydroxylation is 1. The minimum atomic E-state index is -3.39. The van der Waals surface area contributed by atoms with Crippen molar-refractivity contribution in [2.45, 2.75) is 25.7 Å². The van der Waals surface area contributed by atoms with Crippen LogP contribution in [0.5, 0.6) is 0 Å². The molecule has 0 fully saturated rings. The summed E-state index contributed by atoms with van der Waals surface area (Å²) < 4.78 is 25.6. The molecular formula is C15H19N5O2S2. The fraction of sp³-hybridized carbons (Fsp3) is 0.333. The molecule has 1 atom stereocenters. The topological polar surface area (TPSA) is 116 Å². The van der Waals surface area contributed by atoms with E-state index in [9.17, 15) is 8.42 Å². The van der Waals surface area contributed by atoms with E-state index in [0.29, 0.717) is 18.6 Å². The molecule has 2 aromatic heterocycles. The van der Waals surface area contributed by atoms with Crippen molar-refractivity contribution < 1.29 is 8.42 Å². The first-order chi connectivity index (χ1) is 11.3. The molecule has 0 aliphatic heterocycles. The molecule has 0 radical (unpaired) electrons. The first kappa shape index (κ1) is 16.7. The lowest BCUT2D eigenvalue weighted by Crippen LogP contribution is -2.24. The van der Waals surface area contributed by atoms with Crippen LogP contribution < -0.4 is 11.5 Å². The summed E-state index contributed by atoms with van der Waals surface area (Å²) in [5.41, 5.74) is 13.9. The number of guanidine groups is 1. The van der Waals surface area contributed by atoms with Gasteiger partial charge in [0.2, 0.25) is 16.0 Å². The van der Waals surface area contributed by atoms with E-state index in [1.165, 1.54) is 15.1 Å². The molecule has 1 aliphatic carbocycles. The molecule has 4 N–H and O–H groups in total. The predicted octanol–water partition coefficient (Wildman–Crippen LogP) is 1.37. The van der Waals surface area contributed by atoms with Gasteiger partial charge in [0.1, 0.15) is 0 Å². The standard InChI is InChI=1S/C15H19N5O2S2/c1-9-8-20(24(2,21)22)12-7-10(13-4-3-5-23-13)6-11(14(9)12)18-19-15(16)17/h3-5,8,10H,6-7H2,1-2H3,(H4,16,17,19). The van der Waals surface area contributed by atoms with E-state index in [2.05, 4.69) is 16.3 Å². The molecule has 0 spiro atoms. The summed E-state index contributed by atoms with van der Waals surface area (Å²) in [4.78, 5) is 1.19. The van der Waals surface area contributed by atoms with Crippen molar-refractivity contribution >= 4 is 33.0 Å². The van der Waals surface area contributed by atoms with Gasteiger partial charge < -0.3 is 11.5 Å². The molecule has 1 unspecified atom stereocenters. The molecule has 0 amide bonds. The van der Waals surface area contributed by atoms with Crippen molar-refractivity contribution in [3.63, 3.8) is 0 Å². The summed E-state index contributed by atoms with van der Waals surface area (Å²) in [5, 5.41) is 9.98. The zero-order valence-electron chi connectivity index (χ0n) is 13.4. The fourth-order valence-electron chi connectivity index (χ4n) is 3.11. The third kappa shape index (κ3) is 3.09. The lowest BCUT2D eigenvalue weighted by Gasteiger charge is -2.24. The highest BCUT2D eigenvalue weighted by Gasteiger charge is 2.32. The van der Waals surface area contributed by atoms with Crippen molar-refractivity contribution in [1.82, 2.24) is 3.97 Å². The smallest absolute Gasteiger partial charge is 0.235 e. The molecule has 2 aromatic rings. The van der Waals surface area contributed by atoms with Gasteiger partial charge in [-0.25, -0.2) is 12.4 Å². The lowest BCUT2D eigenvalue weighted by molar-refractivity contribution is 0.588. The monoisotopic (exact) mass is 365 g/mol. The Labute approximate surface area is 144 Å². The number of fused-ring (bicyclic) bond motifs is 1. The van der Waals surface area contributed by atoms with Crippen LogP contribution in [0.1, 0.15) is 34.0 Å². The molecule has 0 saturated heterocycles. The molecule has 24 heavy (non-hydrogen) atoms. The number of hydrogen-bond donors (Lipinski definition) is 2. The average Bonchev–Trinajstić information content (AvgIpc) is 3.12. The number of hydrogen-bond acceptors (Lipinski definition) is 5. The summed E-state index contributed by atoms with van der Waals surface area (Å²) in [6.45, 7) is 1.87. The highest BCUT2D eigenvalue weighted by Crippen LogP contribution is 2.37. The molecule has 128 valence electrons. The Morgan fingerprint density at radius 1 is 1.38 bits per heavy atom. The SMILES string of the molecule is Cc1cn(S(C)(=O)=O)c2c1C(=NN=C(N)N)CC(c1cccs1)C2. The molecule has 2 heterocycles. The zero-order chi connectivity index (χ0) is 17.5. The van der Waals surface area contributed by atoms with Gasteiger partial charge in [0, 0.05) is 34.7 Å². The van der Waals surface area contributed by atoms with Gasteiger partial charge >= 0.3 is 0 Å². The van der Waals surface area contributed by atoms with Gasteiger partial charge in [-0.3, -0.25) is 0 Å². The average molecular weight is 365 g/mol. The molecule has 9 heteroatoms. The number of nitrogens with zero attached hydrogens (tertiary/aromatic N) is 3. The Bertz CT molecular complexity index is 919. The zero-order valence-corrected chi connectivity index (χ0v) is 15.1. The van der Waals surface area contributed by atoms with Crippen molar-refractivity contribution in [3.05, 3.63) is 45.4 Å². The summed E-state index contributed by atoms with van der Waals surface area (Å²) in [6, 6.07) is 4.04. The van der Waals surface area contributed by atoms with Crippen molar-refractivity contribution in [2.24, 2.45) is 21.7 Å². The van der Waals surface area contributed by atoms with Crippen LogP contribution in [-0.2, 0) is 16.4 Å². The van der Waals surface area contributed by atoms with Gasteiger partial charge in [0.15, 0.2) is 0 Å². The fourth-order valence-corrected chi connectivity index (χ4v) is 4.86. The van der Waals surface area contributed by atoms with Crippen molar-refractivity contribution in [3.8, 4) is 0 Å².